The number of amides is 3. The van der Waals surface area contributed by atoms with Crippen LogP contribution >= 0.6 is 50.3 Å². The van der Waals surface area contributed by atoms with Crippen molar-refractivity contribution in [2.75, 3.05) is 19.0 Å². The highest BCUT2D eigenvalue weighted by molar-refractivity contribution is 14.1. The molecule has 4 rings (SSSR count). The minimum Gasteiger partial charge on any atom is -0.493 e. The fourth-order valence-electron chi connectivity index (χ4n) is 3.79. The van der Waals surface area contributed by atoms with Crippen LogP contribution in [0.1, 0.15) is 16.7 Å². The van der Waals surface area contributed by atoms with Gasteiger partial charge < -0.3 is 14.8 Å². The van der Waals surface area contributed by atoms with E-state index in [1.54, 1.807) is 37.5 Å². The Morgan fingerprint density at radius 2 is 1.85 bits per heavy atom. The van der Waals surface area contributed by atoms with Gasteiger partial charge in [-0.2, -0.15) is 0 Å². The van der Waals surface area contributed by atoms with E-state index >= 15 is 0 Å². The molecule has 0 unspecified atom stereocenters. The largest absolute Gasteiger partial charge is 0.493 e. The quantitative estimate of drug-likeness (QED) is 0.138. The van der Waals surface area contributed by atoms with Gasteiger partial charge >= 0.3 is 0 Å². The Bertz CT molecular complexity index is 1440. The van der Waals surface area contributed by atoms with Crippen LogP contribution in [0.15, 0.2) is 82.7 Å². The van der Waals surface area contributed by atoms with Crippen LogP contribution in [0.4, 0.5) is 10.5 Å². The number of nitrogens with zero attached hydrogens (tertiary/aromatic N) is 1. The molecule has 1 fully saturated rings. The van der Waals surface area contributed by atoms with Crippen LogP contribution in [-0.2, 0) is 22.6 Å². The van der Waals surface area contributed by atoms with Crippen molar-refractivity contribution in [2.24, 2.45) is 0 Å². The summed E-state index contributed by atoms with van der Waals surface area (Å²) in [6, 6.07) is 18.7. The zero-order valence-corrected chi connectivity index (χ0v) is 25.5. The molecule has 3 aromatic rings. The van der Waals surface area contributed by atoms with Crippen LogP contribution < -0.4 is 14.8 Å². The Balaban J connectivity index is 1.51. The van der Waals surface area contributed by atoms with Crippen LogP contribution in [0.25, 0.3) is 6.08 Å². The van der Waals surface area contributed by atoms with Crippen LogP contribution in [0, 0.1) is 3.57 Å². The van der Waals surface area contributed by atoms with Gasteiger partial charge in [0.25, 0.3) is 11.1 Å². The fourth-order valence-corrected chi connectivity index (χ4v) is 5.25. The molecule has 0 bridgehead atoms. The summed E-state index contributed by atoms with van der Waals surface area (Å²) in [4.78, 5) is 39.3. The molecule has 7 nitrogen and oxygen atoms in total. The molecule has 10 heteroatoms. The van der Waals surface area contributed by atoms with Gasteiger partial charge in [-0.25, -0.2) is 0 Å². The first-order chi connectivity index (χ1) is 18.8. The molecule has 1 N–H and O–H groups in total. The van der Waals surface area contributed by atoms with Crippen molar-refractivity contribution >= 4 is 79.1 Å². The summed E-state index contributed by atoms with van der Waals surface area (Å²) in [5.41, 5.74) is 3.07. The maximum absolute atomic E-state index is 13.0. The lowest BCUT2D eigenvalue weighted by molar-refractivity contribution is -0.127. The second-order valence-corrected chi connectivity index (χ2v) is 11.6. The number of rotatable bonds is 10. The summed E-state index contributed by atoms with van der Waals surface area (Å²) < 4.78 is 13.8. The van der Waals surface area contributed by atoms with Gasteiger partial charge in [0, 0.05) is 19.3 Å². The first kappa shape index (κ1) is 28.9. The summed E-state index contributed by atoms with van der Waals surface area (Å²) >= 11 is 6.39. The van der Waals surface area contributed by atoms with E-state index in [0.29, 0.717) is 35.8 Å². The summed E-state index contributed by atoms with van der Waals surface area (Å²) in [6.45, 7) is 3.81. The second kappa shape index (κ2) is 13.3. The molecular formula is C29H24BrIN2O5S. The Hall–Kier alpha value is -3.09. The van der Waals surface area contributed by atoms with E-state index in [4.69, 9.17) is 9.47 Å². The van der Waals surface area contributed by atoms with Gasteiger partial charge in [0.1, 0.15) is 13.2 Å². The van der Waals surface area contributed by atoms with Crippen molar-refractivity contribution in [3.8, 4) is 11.5 Å². The van der Waals surface area contributed by atoms with Crippen molar-refractivity contribution in [1.82, 2.24) is 4.90 Å². The lowest BCUT2D eigenvalue weighted by Crippen LogP contribution is -2.36. The highest BCUT2D eigenvalue weighted by atomic mass is 127. The van der Waals surface area contributed by atoms with E-state index in [1.165, 1.54) is 0 Å². The Morgan fingerprint density at radius 1 is 1.13 bits per heavy atom. The number of carbonyl (C=O) groups is 3. The van der Waals surface area contributed by atoms with E-state index in [0.717, 1.165) is 35.8 Å². The normalized spacial score (nSPS) is 14.0. The molecule has 200 valence electrons. The molecule has 0 aliphatic carbocycles. The average Bonchev–Trinajstić information content (AvgIpc) is 3.17. The topological polar surface area (TPSA) is 84.9 Å². The van der Waals surface area contributed by atoms with Crippen LogP contribution in [0.5, 0.6) is 11.5 Å². The molecule has 1 heterocycles. The number of imide groups is 1. The average molecular weight is 719 g/mol. The van der Waals surface area contributed by atoms with Crippen molar-refractivity contribution in [2.45, 2.75) is 13.0 Å². The molecule has 1 aliphatic heterocycles. The molecule has 0 radical (unpaired) electrons. The number of carbonyl (C=O) groups excluding carboxylic acids is 3. The van der Waals surface area contributed by atoms with E-state index in [-0.39, 0.29) is 11.4 Å². The Morgan fingerprint density at radius 3 is 2.51 bits per heavy atom. The second-order valence-electron chi connectivity index (χ2n) is 8.44. The Kier molecular flexibility index (Phi) is 9.87. The monoisotopic (exact) mass is 718 g/mol. The highest BCUT2D eigenvalue weighted by Gasteiger charge is 2.36. The summed E-state index contributed by atoms with van der Waals surface area (Å²) in [5.74, 6) is 0.0937. The third-order valence-corrected chi connectivity index (χ3v) is 7.79. The SMILES string of the molecule is C=CCc1cc(/C=C2\SC(=O)N(CC(=O)Nc3ccc(I)cc3)C2=O)cc(OC)c1OCc1ccc(Br)cc1. The summed E-state index contributed by atoms with van der Waals surface area (Å²) in [7, 11) is 1.55. The van der Waals surface area contributed by atoms with Gasteiger partial charge in [-0.3, -0.25) is 19.3 Å². The number of allylic oxidation sites excluding steroid dienone is 1. The van der Waals surface area contributed by atoms with Gasteiger partial charge in [-0.1, -0.05) is 34.1 Å². The third kappa shape index (κ3) is 7.52. The van der Waals surface area contributed by atoms with Gasteiger partial charge in [-0.15, -0.1) is 6.58 Å². The zero-order chi connectivity index (χ0) is 27.9. The fraction of sp³-hybridized carbons (Fsp3) is 0.138. The van der Waals surface area contributed by atoms with Crippen LogP contribution in [0.3, 0.4) is 0 Å². The van der Waals surface area contributed by atoms with Crippen molar-refractivity contribution in [3.05, 3.63) is 103 Å². The number of anilines is 1. The number of methoxy groups -OCH3 is 1. The molecule has 3 aromatic carbocycles. The number of benzene rings is 3. The molecule has 1 saturated heterocycles. The number of thioether (sulfide) groups is 1. The molecule has 3 amide bonds. The lowest BCUT2D eigenvalue weighted by Gasteiger charge is -2.16. The van der Waals surface area contributed by atoms with Crippen LogP contribution in [-0.4, -0.2) is 35.6 Å². The van der Waals surface area contributed by atoms with Gasteiger partial charge in [-0.05, 0) is 107 Å². The number of halogens is 2. The summed E-state index contributed by atoms with van der Waals surface area (Å²) in [5, 5.41) is 2.21. The third-order valence-electron chi connectivity index (χ3n) is 5.64. The first-order valence-corrected chi connectivity index (χ1v) is 14.5. The zero-order valence-electron chi connectivity index (χ0n) is 20.9. The minimum atomic E-state index is -0.525. The standard InChI is InChI=1S/C29H24BrIN2O5S/c1-3-4-20-13-19(14-24(37-2)27(20)38-17-18-5-7-21(30)8-6-18)15-25-28(35)33(29(36)39-25)16-26(34)32-23-11-9-22(31)10-12-23/h3,5-15H,1,4,16-17H2,2H3,(H,32,34)/b25-15-. The van der Waals surface area contributed by atoms with Crippen molar-refractivity contribution in [3.63, 3.8) is 0 Å². The van der Waals surface area contributed by atoms with E-state index in [1.807, 2.05) is 42.5 Å². The number of hydrogen-bond donors (Lipinski definition) is 1. The van der Waals surface area contributed by atoms with E-state index in [2.05, 4.69) is 50.4 Å². The van der Waals surface area contributed by atoms with Crippen LogP contribution in [0.2, 0.25) is 0 Å². The maximum Gasteiger partial charge on any atom is 0.294 e. The molecule has 1 aliphatic rings. The summed E-state index contributed by atoms with van der Waals surface area (Å²) in [6.07, 6.45) is 3.88. The first-order valence-electron chi connectivity index (χ1n) is 11.8. The van der Waals surface area contributed by atoms with Crippen molar-refractivity contribution < 1.29 is 23.9 Å². The van der Waals surface area contributed by atoms with Gasteiger partial charge in [0.2, 0.25) is 5.91 Å². The van der Waals surface area contributed by atoms with Gasteiger partial charge in [0.15, 0.2) is 11.5 Å². The smallest absolute Gasteiger partial charge is 0.294 e. The number of nitrogens with one attached hydrogen (secondary N) is 1. The number of hydrogen-bond acceptors (Lipinski definition) is 6. The van der Waals surface area contributed by atoms with Crippen molar-refractivity contribution in [1.29, 1.82) is 0 Å². The number of ether oxygens (including phenoxy) is 2. The van der Waals surface area contributed by atoms with Gasteiger partial charge in [0.05, 0.1) is 12.0 Å². The molecular weight excluding hydrogens is 695 g/mol. The van der Waals surface area contributed by atoms with E-state index in [9.17, 15) is 14.4 Å². The lowest BCUT2D eigenvalue weighted by atomic mass is 10.0. The molecule has 0 aromatic heterocycles. The highest BCUT2D eigenvalue weighted by Crippen LogP contribution is 2.37. The predicted molar refractivity (Wildman–Crippen MR) is 166 cm³/mol. The molecule has 39 heavy (non-hydrogen) atoms. The Labute approximate surface area is 252 Å². The molecule has 0 atom stereocenters. The molecule has 0 saturated carbocycles. The predicted octanol–water partition coefficient (Wildman–Crippen LogP) is 7.04. The minimum absolute atomic E-state index is 0.220. The molecule has 0 spiro atoms. The maximum atomic E-state index is 13.0. The van der Waals surface area contributed by atoms with E-state index < -0.39 is 17.1 Å².